The molecule has 1 unspecified atom stereocenters. The van der Waals surface area contributed by atoms with Gasteiger partial charge in [-0.2, -0.15) is 0 Å². The number of carbonyl (C=O) groups is 2. The summed E-state index contributed by atoms with van der Waals surface area (Å²) < 4.78 is 5.57. The Morgan fingerprint density at radius 3 is 2.48 bits per heavy atom. The fraction of sp³-hybridized carbons (Fsp3) is 0.875. The zero-order chi connectivity index (χ0) is 15.7. The van der Waals surface area contributed by atoms with E-state index in [4.69, 9.17) is 9.84 Å². The first-order valence-corrected chi connectivity index (χ1v) is 8.16. The lowest BCUT2D eigenvalue weighted by Gasteiger charge is -2.30. The predicted molar refractivity (Wildman–Crippen MR) is 81.1 cm³/mol. The number of hydrogen-bond acceptors (Lipinski definition) is 3. The smallest absolute Gasteiger partial charge is 0.306 e. The number of nitrogens with zero attached hydrogens (tertiary/aromatic N) is 1. The molecule has 1 aliphatic rings. The number of unbranched alkanes of at least 4 members (excludes halogenated alkanes) is 1. The van der Waals surface area contributed by atoms with E-state index < -0.39 is 5.97 Å². The van der Waals surface area contributed by atoms with Gasteiger partial charge >= 0.3 is 5.97 Å². The van der Waals surface area contributed by atoms with Gasteiger partial charge in [0.1, 0.15) is 6.61 Å². The molecule has 0 saturated carbocycles. The van der Waals surface area contributed by atoms with Crippen LogP contribution in [0.1, 0.15) is 52.4 Å². The van der Waals surface area contributed by atoms with Crippen LogP contribution < -0.4 is 0 Å². The number of aliphatic carboxylic acids is 1. The second-order valence-electron chi connectivity index (χ2n) is 5.92. The fourth-order valence-electron chi connectivity index (χ4n) is 2.68. The first-order chi connectivity index (χ1) is 10.1. The number of carboxylic acid groups (broad SMARTS) is 1. The van der Waals surface area contributed by atoms with Crippen molar-refractivity contribution in [2.75, 3.05) is 26.3 Å². The number of amides is 1. The van der Waals surface area contributed by atoms with E-state index in [9.17, 15) is 9.59 Å². The highest BCUT2D eigenvalue weighted by molar-refractivity contribution is 5.78. The average molecular weight is 299 g/mol. The Morgan fingerprint density at radius 2 is 1.95 bits per heavy atom. The quantitative estimate of drug-likeness (QED) is 0.710. The predicted octanol–water partition coefficient (Wildman–Crippen LogP) is 2.54. The highest BCUT2D eigenvalue weighted by atomic mass is 16.5. The minimum atomic E-state index is -0.750. The van der Waals surface area contributed by atoms with Crippen LogP contribution in [0, 0.1) is 11.8 Å². The van der Waals surface area contributed by atoms with Crippen LogP contribution in [-0.2, 0) is 14.3 Å². The largest absolute Gasteiger partial charge is 0.481 e. The molecule has 0 aliphatic carbocycles. The Bertz CT molecular complexity index is 324. The van der Waals surface area contributed by atoms with Crippen molar-refractivity contribution in [1.29, 1.82) is 0 Å². The highest BCUT2D eigenvalue weighted by Gasteiger charge is 2.26. The minimum Gasteiger partial charge on any atom is -0.481 e. The molecular formula is C16H29NO4. The first kappa shape index (κ1) is 18.0. The molecule has 1 amide bonds. The molecule has 0 radical (unpaired) electrons. The van der Waals surface area contributed by atoms with E-state index in [1.165, 1.54) is 12.8 Å². The highest BCUT2D eigenvalue weighted by Crippen LogP contribution is 2.17. The lowest BCUT2D eigenvalue weighted by molar-refractivity contribution is -0.147. The average Bonchev–Trinajstić information content (AvgIpc) is 2.50. The topological polar surface area (TPSA) is 66.8 Å². The molecule has 0 spiro atoms. The number of likely N-dealkylation sites (tertiary alicyclic amines) is 1. The Kier molecular flexibility index (Phi) is 8.35. The second-order valence-corrected chi connectivity index (χ2v) is 5.92. The molecule has 1 atom stereocenters. The molecule has 1 aliphatic heterocycles. The Labute approximate surface area is 127 Å². The van der Waals surface area contributed by atoms with Crippen molar-refractivity contribution in [3.05, 3.63) is 0 Å². The Balaban J connectivity index is 2.20. The number of carboxylic acids is 1. The number of piperidine rings is 1. The number of rotatable bonds is 9. The third-order valence-corrected chi connectivity index (χ3v) is 4.32. The maximum Gasteiger partial charge on any atom is 0.306 e. The van der Waals surface area contributed by atoms with Crippen LogP contribution in [0.15, 0.2) is 0 Å². The van der Waals surface area contributed by atoms with Gasteiger partial charge in [0, 0.05) is 13.1 Å². The van der Waals surface area contributed by atoms with Gasteiger partial charge in [0.15, 0.2) is 0 Å². The number of carbonyl (C=O) groups excluding carboxylic acids is 1. The van der Waals surface area contributed by atoms with Crippen molar-refractivity contribution in [2.45, 2.75) is 52.4 Å². The zero-order valence-electron chi connectivity index (χ0n) is 13.3. The summed E-state index contributed by atoms with van der Waals surface area (Å²) in [5.74, 6) is -0.520. The van der Waals surface area contributed by atoms with E-state index in [-0.39, 0.29) is 18.4 Å². The van der Waals surface area contributed by atoms with E-state index in [1.807, 2.05) is 0 Å². The summed E-state index contributed by atoms with van der Waals surface area (Å²) in [6.45, 7) is 6.17. The summed E-state index contributed by atoms with van der Waals surface area (Å²) in [6, 6.07) is 0. The Morgan fingerprint density at radius 1 is 1.29 bits per heavy atom. The molecule has 0 aromatic rings. The maximum absolute atomic E-state index is 12.0. The molecule has 1 heterocycles. The van der Waals surface area contributed by atoms with Gasteiger partial charge in [0.05, 0.1) is 12.5 Å². The van der Waals surface area contributed by atoms with Gasteiger partial charge in [0.25, 0.3) is 0 Å². The van der Waals surface area contributed by atoms with Gasteiger partial charge in [-0.15, -0.1) is 0 Å². The molecule has 122 valence electrons. The summed E-state index contributed by atoms with van der Waals surface area (Å²) in [5, 5.41) is 8.94. The minimum absolute atomic E-state index is 0.0100. The third kappa shape index (κ3) is 6.46. The van der Waals surface area contributed by atoms with E-state index in [2.05, 4.69) is 13.8 Å². The standard InChI is InChI=1S/C16H29NO4/c1-3-5-6-13(4-2)11-21-12-15(18)17-9-7-14(8-10-17)16(19)20/h13-14H,3-12H2,1-2H3,(H,19,20). The number of ether oxygens (including phenoxy) is 1. The van der Waals surface area contributed by atoms with E-state index in [0.717, 1.165) is 12.8 Å². The molecule has 5 heteroatoms. The normalized spacial score (nSPS) is 17.7. The van der Waals surface area contributed by atoms with Gasteiger partial charge in [0.2, 0.25) is 5.91 Å². The Hall–Kier alpha value is -1.10. The molecule has 1 saturated heterocycles. The van der Waals surface area contributed by atoms with Gasteiger partial charge in [-0.25, -0.2) is 0 Å². The molecule has 5 nitrogen and oxygen atoms in total. The molecule has 0 aromatic carbocycles. The monoisotopic (exact) mass is 299 g/mol. The van der Waals surface area contributed by atoms with Gasteiger partial charge < -0.3 is 14.7 Å². The van der Waals surface area contributed by atoms with Crippen LogP contribution in [0.3, 0.4) is 0 Å². The summed E-state index contributed by atoms with van der Waals surface area (Å²) >= 11 is 0. The van der Waals surface area contributed by atoms with E-state index in [0.29, 0.717) is 38.5 Å². The van der Waals surface area contributed by atoms with Crippen LogP contribution >= 0.6 is 0 Å². The van der Waals surface area contributed by atoms with E-state index >= 15 is 0 Å². The molecule has 21 heavy (non-hydrogen) atoms. The SMILES string of the molecule is CCCCC(CC)COCC(=O)N1CCC(C(=O)O)CC1. The molecule has 1 N–H and O–H groups in total. The number of hydrogen-bond donors (Lipinski definition) is 1. The zero-order valence-corrected chi connectivity index (χ0v) is 13.3. The van der Waals surface area contributed by atoms with Gasteiger partial charge in [-0.05, 0) is 25.2 Å². The third-order valence-electron chi connectivity index (χ3n) is 4.32. The van der Waals surface area contributed by atoms with Crippen molar-refractivity contribution in [3.8, 4) is 0 Å². The van der Waals surface area contributed by atoms with Crippen LogP contribution in [0.25, 0.3) is 0 Å². The summed E-state index contributed by atoms with van der Waals surface area (Å²) in [6.07, 6.45) is 5.74. The fourth-order valence-corrected chi connectivity index (χ4v) is 2.68. The lowest BCUT2D eigenvalue weighted by atomic mass is 9.97. The van der Waals surface area contributed by atoms with E-state index in [1.54, 1.807) is 4.90 Å². The van der Waals surface area contributed by atoms with Crippen molar-refractivity contribution in [2.24, 2.45) is 11.8 Å². The summed E-state index contributed by atoms with van der Waals surface area (Å²) in [4.78, 5) is 24.6. The van der Waals surface area contributed by atoms with Crippen molar-refractivity contribution in [1.82, 2.24) is 4.90 Å². The molecular weight excluding hydrogens is 270 g/mol. The molecule has 1 rings (SSSR count). The van der Waals surface area contributed by atoms with Crippen LogP contribution in [0.4, 0.5) is 0 Å². The second kappa shape index (κ2) is 9.77. The van der Waals surface area contributed by atoms with Gasteiger partial charge in [-0.1, -0.05) is 33.1 Å². The summed E-state index contributed by atoms with van der Waals surface area (Å²) in [5.41, 5.74) is 0. The van der Waals surface area contributed by atoms with Crippen molar-refractivity contribution >= 4 is 11.9 Å². The maximum atomic E-state index is 12.0. The van der Waals surface area contributed by atoms with Gasteiger partial charge in [-0.3, -0.25) is 9.59 Å². The lowest BCUT2D eigenvalue weighted by Crippen LogP contribution is -2.42. The summed E-state index contributed by atoms with van der Waals surface area (Å²) in [7, 11) is 0. The molecule has 0 bridgehead atoms. The van der Waals surface area contributed by atoms with Crippen LogP contribution in [0.5, 0.6) is 0 Å². The molecule has 1 fully saturated rings. The molecule has 0 aromatic heterocycles. The van der Waals surface area contributed by atoms with Crippen molar-refractivity contribution in [3.63, 3.8) is 0 Å². The van der Waals surface area contributed by atoms with Crippen molar-refractivity contribution < 1.29 is 19.4 Å². The first-order valence-electron chi connectivity index (χ1n) is 8.16. The van der Waals surface area contributed by atoms with Crippen LogP contribution in [-0.4, -0.2) is 48.2 Å². The van der Waals surface area contributed by atoms with Crippen LogP contribution in [0.2, 0.25) is 0 Å².